The maximum absolute atomic E-state index is 12.1. The lowest BCUT2D eigenvalue weighted by Crippen LogP contribution is -2.42. The van der Waals surface area contributed by atoms with Gasteiger partial charge in [0.25, 0.3) is 0 Å². The number of piperidine rings is 1. The fourth-order valence-electron chi connectivity index (χ4n) is 3.07. The number of aliphatic hydroxyl groups is 1. The molecule has 0 bridgehead atoms. The molecule has 1 saturated heterocycles. The molecular formula is C19H23NO3. The molecule has 2 aromatic carbocycles. The highest BCUT2D eigenvalue weighted by molar-refractivity contribution is 5.88. The van der Waals surface area contributed by atoms with Crippen molar-refractivity contribution in [2.45, 2.75) is 31.8 Å². The van der Waals surface area contributed by atoms with Gasteiger partial charge in [-0.25, -0.2) is 0 Å². The summed E-state index contributed by atoms with van der Waals surface area (Å²) in [5, 5.41) is 11.9. The Morgan fingerprint density at radius 2 is 2.04 bits per heavy atom. The summed E-state index contributed by atoms with van der Waals surface area (Å²) < 4.78 is 5.86. The smallest absolute Gasteiger partial charge is 0.222 e. The van der Waals surface area contributed by atoms with Crippen molar-refractivity contribution in [3.05, 3.63) is 42.5 Å². The van der Waals surface area contributed by atoms with Crippen LogP contribution in [0.15, 0.2) is 42.5 Å². The normalized spacial score (nSPS) is 18.1. The van der Waals surface area contributed by atoms with E-state index in [-0.39, 0.29) is 12.0 Å². The lowest BCUT2D eigenvalue weighted by Gasteiger charge is -2.30. The molecule has 1 atom stereocenters. The monoisotopic (exact) mass is 313 g/mol. The third kappa shape index (κ3) is 4.02. The summed E-state index contributed by atoms with van der Waals surface area (Å²) in [6.07, 6.45) is 2.49. The van der Waals surface area contributed by atoms with Crippen LogP contribution in [0.25, 0.3) is 10.8 Å². The SMILES string of the molecule is O=C(CCCOc1cccc2ccccc12)N1CCCC(O)C1. The maximum Gasteiger partial charge on any atom is 0.222 e. The molecule has 4 nitrogen and oxygen atoms in total. The number of carbonyl (C=O) groups is 1. The number of nitrogens with zero attached hydrogens (tertiary/aromatic N) is 1. The van der Waals surface area contributed by atoms with E-state index in [0.717, 1.165) is 35.9 Å². The van der Waals surface area contributed by atoms with Crippen LogP contribution in [0.3, 0.4) is 0 Å². The summed E-state index contributed by atoms with van der Waals surface area (Å²) in [6.45, 7) is 1.76. The Kier molecular flexibility index (Phi) is 5.13. The first-order valence-corrected chi connectivity index (χ1v) is 8.30. The molecule has 122 valence electrons. The van der Waals surface area contributed by atoms with Gasteiger partial charge in [-0.1, -0.05) is 36.4 Å². The van der Waals surface area contributed by atoms with Gasteiger partial charge in [0, 0.05) is 24.9 Å². The van der Waals surface area contributed by atoms with Gasteiger partial charge < -0.3 is 14.7 Å². The Labute approximate surface area is 136 Å². The van der Waals surface area contributed by atoms with E-state index in [9.17, 15) is 9.90 Å². The number of hydrogen-bond donors (Lipinski definition) is 1. The summed E-state index contributed by atoms with van der Waals surface area (Å²) >= 11 is 0. The van der Waals surface area contributed by atoms with Crippen LogP contribution in [0.4, 0.5) is 0 Å². The zero-order chi connectivity index (χ0) is 16.1. The van der Waals surface area contributed by atoms with Crippen LogP contribution in [-0.2, 0) is 4.79 Å². The molecule has 0 aromatic heterocycles. The zero-order valence-corrected chi connectivity index (χ0v) is 13.3. The van der Waals surface area contributed by atoms with Gasteiger partial charge in [0.1, 0.15) is 5.75 Å². The van der Waals surface area contributed by atoms with Gasteiger partial charge >= 0.3 is 0 Å². The largest absolute Gasteiger partial charge is 0.493 e. The topological polar surface area (TPSA) is 49.8 Å². The van der Waals surface area contributed by atoms with Gasteiger partial charge in [0.05, 0.1) is 12.7 Å². The lowest BCUT2D eigenvalue weighted by molar-refractivity contribution is -0.134. The van der Waals surface area contributed by atoms with Crippen LogP contribution in [0.5, 0.6) is 5.75 Å². The number of fused-ring (bicyclic) bond motifs is 1. The summed E-state index contributed by atoms with van der Waals surface area (Å²) in [6, 6.07) is 14.1. The molecule has 0 aliphatic carbocycles. The van der Waals surface area contributed by atoms with Crippen LogP contribution in [0.1, 0.15) is 25.7 Å². The van der Waals surface area contributed by atoms with E-state index >= 15 is 0 Å². The minimum Gasteiger partial charge on any atom is -0.493 e. The minimum absolute atomic E-state index is 0.116. The lowest BCUT2D eigenvalue weighted by atomic mass is 10.1. The first-order valence-electron chi connectivity index (χ1n) is 8.30. The fourth-order valence-corrected chi connectivity index (χ4v) is 3.07. The fraction of sp³-hybridized carbons (Fsp3) is 0.421. The molecular weight excluding hydrogens is 290 g/mol. The summed E-state index contributed by atoms with van der Waals surface area (Å²) in [4.78, 5) is 13.9. The molecule has 23 heavy (non-hydrogen) atoms. The Morgan fingerprint density at radius 1 is 1.22 bits per heavy atom. The Balaban J connectivity index is 1.48. The number of ether oxygens (including phenoxy) is 1. The average molecular weight is 313 g/mol. The number of amides is 1. The highest BCUT2D eigenvalue weighted by atomic mass is 16.5. The van der Waals surface area contributed by atoms with E-state index in [4.69, 9.17) is 4.74 Å². The summed E-state index contributed by atoms with van der Waals surface area (Å²) in [5.74, 6) is 0.981. The molecule has 1 fully saturated rings. The Hall–Kier alpha value is -2.07. The Bertz CT molecular complexity index is 665. The van der Waals surface area contributed by atoms with Gasteiger partial charge in [0.2, 0.25) is 5.91 Å². The van der Waals surface area contributed by atoms with Gasteiger partial charge in [-0.05, 0) is 30.7 Å². The summed E-state index contributed by atoms with van der Waals surface area (Å²) in [5.41, 5.74) is 0. The molecule has 1 amide bonds. The van der Waals surface area contributed by atoms with Crippen molar-refractivity contribution >= 4 is 16.7 Å². The van der Waals surface area contributed by atoms with Crippen molar-refractivity contribution in [2.75, 3.05) is 19.7 Å². The van der Waals surface area contributed by atoms with Crippen molar-refractivity contribution in [3.8, 4) is 5.75 Å². The number of hydrogen-bond acceptors (Lipinski definition) is 3. The second-order valence-electron chi connectivity index (χ2n) is 6.07. The molecule has 1 aliphatic heterocycles. The van der Waals surface area contributed by atoms with Crippen molar-refractivity contribution in [1.82, 2.24) is 4.90 Å². The molecule has 4 heteroatoms. The van der Waals surface area contributed by atoms with E-state index in [0.29, 0.717) is 26.0 Å². The molecule has 3 rings (SSSR count). The molecule has 0 radical (unpaired) electrons. The first-order chi connectivity index (χ1) is 11.2. The molecule has 1 N–H and O–H groups in total. The number of β-amino-alcohol motifs (C(OH)–C–C–N with tert-alkyl or cyclic N) is 1. The number of rotatable bonds is 5. The van der Waals surface area contributed by atoms with E-state index in [2.05, 4.69) is 12.1 Å². The zero-order valence-electron chi connectivity index (χ0n) is 13.3. The van der Waals surface area contributed by atoms with Gasteiger partial charge in [0.15, 0.2) is 0 Å². The van der Waals surface area contributed by atoms with Gasteiger partial charge in [-0.15, -0.1) is 0 Å². The molecule has 0 saturated carbocycles. The third-order valence-corrected chi connectivity index (χ3v) is 4.29. The van der Waals surface area contributed by atoms with Crippen molar-refractivity contribution in [3.63, 3.8) is 0 Å². The van der Waals surface area contributed by atoms with Crippen LogP contribution in [0.2, 0.25) is 0 Å². The molecule has 1 unspecified atom stereocenters. The quantitative estimate of drug-likeness (QED) is 0.863. The maximum atomic E-state index is 12.1. The predicted molar refractivity (Wildman–Crippen MR) is 90.5 cm³/mol. The molecule has 1 aliphatic rings. The van der Waals surface area contributed by atoms with Gasteiger partial charge in [-0.2, -0.15) is 0 Å². The molecule has 0 spiro atoms. The number of carbonyl (C=O) groups excluding carboxylic acids is 1. The highest BCUT2D eigenvalue weighted by Crippen LogP contribution is 2.25. The van der Waals surface area contributed by atoms with Crippen LogP contribution >= 0.6 is 0 Å². The number of likely N-dealkylation sites (tertiary alicyclic amines) is 1. The van der Waals surface area contributed by atoms with E-state index < -0.39 is 0 Å². The molecule has 2 aromatic rings. The van der Waals surface area contributed by atoms with Gasteiger partial charge in [-0.3, -0.25) is 4.79 Å². The first kappa shape index (κ1) is 15.8. The Morgan fingerprint density at radius 3 is 2.91 bits per heavy atom. The van der Waals surface area contributed by atoms with Crippen LogP contribution in [0, 0.1) is 0 Å². The van der Waals surface area contributed by atoms with Crippen LogP contribution in [-0.4, -0.2) is 41.7 Å². The van der Waals surface area contributed by atoms with E-state index in [1.165, 1.54) is 0 Å². The van der Waals surface area contributed by atoms with Crippen molar-refractivity contribution in [2.24, 2.45) is 0 Å². The second kappa shape index (κ2) is 7.47. The average Bonchev–Trinajstić information content (AvgIpc) is 2.58. The number of aliphatic hydroxyl groups excluding tert-OH is 1. The predicted octanol–water partition coefficient (Wildman–Crippen LogP) is 2.98. The number of benzene rings is 2. The van der Waals surface area contributed by atoms with E-state index in [1.54, 1.807) is 4.90 Å². The van der Waals surface area contributed by atoms with Crippen LogP contribution < -0.4 is 4.74 Å². The summed E-state index contributed by atoms with van der Waals surface area (Å²) in [7, 11) is 0. The molecule has 1 heterocycles. The van der Waals surface area contributed by atoms with Crippen molar-refractivity contribution < 1.29 is 14.6 Å². The second-order valence-corrected chi connectivity index (χ2v) is 6.07. The minimum atomic E-state index is -0.361. The van der Waals surface area contributed by atoms with Crippen molar-refractivity contribution in [1.29, 1.82) is 0 Å². The standard InChI is InChI=1S/C19H23NO3/c21-16-8-4-12-20(14-16)19(22)11-5-13-23-18-10-3-7-15-6-1-2-9-17(15)18/h1-3,6-7,9-10,16,21H,4-5,8,11-14H2. The highest BCUT2D eigenvalue weighted by Gasteiger charge is 2.21. The van der Waals surface area contributed by atoms with E-state index in [1.807, 2.05) is 30.3 Å². The third-order valence-electron chi connectivity index (χ3n) is 4.29.